The summed E-state index contributed by atoms with van der Waals surface area (Å²) in [6.07, 6.45) is 0.696. The van der Waals surface area contributed by atoms with Crippen LogP contribution in [-0.2, 0) is 17.8 Å². The van der Waals surface area contributed by atoms with E-state index in [9.17, 15) is 4.79 Å². The molecule has 0 saturated carbocycles. The average molecular weight is 399 g/mol. The van der Waals surface area contributed by atoms with Gasteiger partial charge in [-0.2, -0.15) is 4.98 Å². The minimum Gasteiger partial charge on any atom is -0.365 e. The first kappa shape index (κ1) is 18.6. The normalized spacial score (nSPS) is 14.1. The SMILES string of the molecule is CCc1noc(COC2CN(C(=O)Nc3ccccc3-c3csc(C)n3)C2)n1. The first-order valence-electron chi connectivity index (χ1n) is 9.13. The molecule has 1 N–H and O–H groups in total. The molecule has 1 aliphatic heterocycles. The van der Waals surface area contributed by atoms with Gasteiger partial charge < -0.3 is 19.5 Å². The van der Waals surface area contributed by atoms with Gasteiger partial charge >= 0.3 is 6.03 Å². The predicted octanol–water partition coefficient (Wildman–Crippen LogP) is 3.50. The van der Waals surface area contributed by atoms with Crippen molar-refractivity contribution in [3.05, 3.63) is 46.4 Å². The van der Waals surface area contributed by atoms with Gasteiger partial charge in [0.2, 0.25) is 0 Å². The lowest BCUT2D eigenvalue weighted by atomic mass is 10.1. The number of carbonyl (C=O) groups is 1. The van der Waals surface area contributed by atoms with Gasteiger partial charge in [0, 0.05) is 17.4 Å². The molecule has 1 aromatic carbocycles. The van der Waals surface area contributed by atoms with Crippen LogP contribution in [0.3, 0.4) is 0 Å². The van der Waals surface area contributed by atoms with Crippen LogP contribution in [0.1, 0.15) is 23.6 Å². The lowest BCUT2D eigenvalue weighted by molar-refractivity contribution is -0.0496. The second-order valence-corrected chi connectivity index (χ2v) is 7.59. The predicted molar refractivity (Wildman–Crippen MR) is 105 cm³/mol. The largest absolute Gasteiger partial charge is 0.365 e. The molecule has 0 atom stereocenters. The number of hydrogen-bond donors (Lipinski definition) is 1. The van der Waals surface area contributed by atoms with E-state index in [-0.39, 0.29) is 18.7 Å². The first-order valence-corrected chi connectivity index (χ1v) is 10.0. The molecular weight excluding hydrogens is 378 g/mol. The fourth-order valence-electron chi connectivity index (χ4n) is 2.89. The third-order valence-corrected chi connectivity index (χ3v) is 5.24. The zero-order chi connectivity index (χ0) is 19.5. The summed E-state index contributed by atoms with van der Waals surface area (Å²) in [7, 11) is 0. The molecule has 2 aromatic heterocycles. The van der Waals surface area contributed by atoms with E-state index >= 15 is 0 Å². The van der Waals surface area contributed by atoms with Crippen molar-refractivity contribution in [2.24, 2.45) is 0 Å². The van der Waals surface area contributed by atoms with Crippen molar-refractivity contribution in [1.29, 1.82) is 0 Å². The summed E-state index contributed by atoms with van der Waals surface area (Å²) < 4.78 is 10.8. The van der Waals surface area contributed by atoms with Crippen molar-refractivity contribution in [2.75, 3.05) is 18.4 Å². The zero-order valence-electron chi connectivity index (χ0n) is 15.7. The van der Waals surface area contributed by atoms with Gasteiger partial charge in [0.05, 0.1) is 35.6 Å². The molecule has 9 heteroatoms. The summed E-state index contributed by atoms with van der Waals surface area (Å²) in [5.41, 5.74) is 2.53. The number of aryl methyl sites for hydroxylation is 2. The van der Waals surface area contributed by atoms with Crippen molar-refractivity contribution in [1.82, 2.24) is 20.0 Å². The molecule has 3 aromatic rings. The first-order chi connectivity index (χ1) is 13.6. The maximum absolute atomic E-state index is 12.5. The minimum absolute atomic E-state index is 0.0286. The molecule has 146 valence electrons. The Hall–Kier alpha value is -2.78. The number of para-hydroxylation sites is 1. The van der Waals surface area contributed by atoms with Crippen molar-refractivity contribution < 1.29 is 14.1 Å². The van der Waals surface area contributed by atoms with Crippen molar-refractivity contribution >= 4 is 23.1 Å². The summed E-state index contributed by atoms with van der Waals surface area (Å²) >= 11 is 1.59. The summed E-state index contributed by atoms with van der Waals surface area (Å²) in [6.45, 7) is 5.24. The van der Waals surface area contributed by atoms with E-state index < -0.39 is 0 Å². The number of urea groups is 1. The Morgan fingerprint density at radius 2 is 2.18 bits per heavy atom. The van der Waals surface area contributed by atoms with Crippen LogP contribution in [0, 0.1) is 6.92 Å². The Kier molecular flexibility index (Phi) is 5.36. The monoisotopic (exact) mass is 399 g/mol. The maximum Gasteiger partial charge on any atom is 0.322 e. The number of nitrogens with one attached hydrogen (secondary N) is 1. The number of thiazole rings is 1. The highest BCUT2D eigenvalue weighted by Crippen LogP contribution is 2.29. The molecule has 8 nitrogen and oxygen atoms in total. The van der Waals surface area contributed by atoms with Crippen LogP contribution >= 0.6 is 11.3 Å². The van der Waals surface area contributed by atoms with Crippen LogP contribution in [0.5, 0.6) is 0 Å². The minimum atomic E-state index is -0.148. The number of ether oxygens (including phenoxy) is 1. The number of hydrogen-bond acceptors (Lipinski definition) is 7. The second-order valence-electron chi connectivity index (χ2n) is 6.52. The highest BCUT2D eigenvalue weighted by Gasteiger charge is 2.32. The lowest BCUT2D eigenvalue weighted by Gasteiger charge is -2.38. The molecule has 0 unspecified atom stereocenters. The molecule has 4 rings (SSSR count). The van der Waals surface area contributed by atoms with E-state index in [4.69, 9.17) is 9.26 Å². The van der Waals surface area contributed by atoms with E-state index in [1.54, 1.807) is 16.2 Å². The molecule has 1 saturated heterocycles. The van der Waals surface area contributed by atoms with E-state index in [1.807, 2.05) is 43.5 Å². The Bertz CT molecular complexity index is 964. The Balaban J connectivity index is 1.30. The van der Waals surface area contributed by atoms with Gasteiger partial charge in [-0.05, 0) is 13.0 Å². The van der Waals surface area contributed by atoms with Gasteiger partial charge in [-0.1, -0.05) is 30.3 Å². The Morgan fingerprint density at radius 1 is 1.36 bits per heavy atom. The summed E-state index contributed by atoms with van der Waals surface area (Å²) in [5, 5.41) is 9.80. The van der Waals surface area contributed by atoms with Gasteiger partial charge in [-0.15, -0.1) is 11.3 Å². The highest BCUT2D eigenvalue weighted by molar-refractivity contribution is 7.09. The number of rotatable bonds is 6. The fourth-order valence-corrected chi connectivity index (χ4v) is 3.50. The Labute approximate surface area is 166 Å². The lowest BCUT2D eigenvalue weighted by Crippen LogP contribution is -2.56. The van der Waals surface area contributed by atoms with Gasteiger partial charge in [0.15, 0.2) is 5.82 Å². The molecule has 1 aliphatic rings. The number of nitrogens with zero attached hydrogens (tertiary/aromatic N) is 4. The van der Waals surface area contributed by atoms with Gasteiger partial charge in [-0.3, -0.25) is 0 Å². The van der Waals surface area contributed by atoms with Crippen LogP contribution in [-0.4, -0.2) is 45.2 Å². The van der Waals surface area contributed by atoms with Crippen molar-refractivity contribution in [3.8, 4) is 11.3 Å². The second kappa shape index (κ2) is 8.07. The van der Waals surface area contributed by atoms with E-state index in [2.05, 4.69) is 20.4 Å². The van der Waals surface area contributed by atoms with Gasteiger partial charge in [-0.25, -0.2) is 9.78 Å². The van der Waals surface area contributed by atoms with Crippen LogP contribution in [0.25, 0.3) is 11.3 Å². The third-order valence-electron chi connectivity index (χ3n) is 4.47. The standard InChI is InChI=1S/C19H21N5O3S/c1-3-17-22-18(27-23-17)10-26-13-8-24(9-13)19(25)21-15-7-5-4-6-14(15)16-11-28-12(2)20-16/h4-7,11,13H,3,8-10H2,1-2H3,(H,21,25). The number of carbonyl (C=O) groups excluding carboxylic acids is 1. The number of anilines is 1. The molecule has 3 heterocycles. The summed E-state index contributed by atoms with van der Waals surface area (Å²) in [4.78, 5) is 23.0. The molecule has 0 radical (unpaired) electrons. The maximum atomic E-state index is 12.5. The number of benzene rings is 1. The van der Waals surface area contributed by atoms with E-state index in [0.717, 1.165) is 28.4 Å². The molecule has 0 aliphatic carbocycles. The molecule has 28 heavy (non-hydrogen) atoms. The summed E-state index contributed by atoms with van der Waals surface area (Å²) in [6, 6.07) is 7.53. The summed E-state index contributed by atoms with van der Waals surface area (Å²) in [5.74, 6) is 1.13. The van der Waals surface area contributed by atoms with Crippen LogP contribution < -0.4 is 5.32 Å². The highest BCUT2D eigenvalue weighted by atomic mass is 32.1. The fraction of sp³-hybridized carbons (Fsp3) is 0.368. The quantitative estimate of drug-likeness (QED) is 0.682. The van der Waals surface area contributed by atoms with Gasteiger partial charge in [0.1, 0.15) is 6.61 Å². The third kappa shape index (κ3) is 4.05. The van der Waals surface area contributed by atoms with Crippen LogP contribution in [0.4, 0.5) is 10.5 Å². The van der Waals surface area contributed by atoms with E-state index in [0.29, 0.717) is 24.8 Å². The number of aromatic nitrogens is 3. The van der Waals surface area contributed by atoms with Crippen molar-refractivity contribution in [2.45, 2.75) is 33.0 Å². The zero-order valence-corrected chi connectivity index (χ0v) is 16.5. The molecule has 0 bridgehead atoms. The van der Waals surface area contributed by atoms with E-state index in [1.165, 1.54) is 0 Å². The Morgan fingerprint density at radius 3 is 2.89 bits per heavy atom. The molecule has 0 spiro atoms. The smallest absolute Gasteiger partial charge is 0.322 e. The number of amides is 2. The molecular formula is C19H21N5O3S. The molecule has 2 amide bonds. The van der Waals surface area contributed by atoms with Crippen molar-refractivity contribution in [3.63, 3.8) is 0 Å². The van der Waals surface area contributed by atoms with Gasteiger partial charge in [0.25, 0.3) is 5.89 Å². The number of likely N-dealkylation sites (tertiary alicyclic amines) is 1. The average Bonchev–Trinajstić information content (AvgIpc) is 3.29. The van der Waals surface area contributed by atoms with Crippen LogP contribution in [0.2, 0.25) is 0 Å². The topological polar surface area (TPSA) is 93.4 Å². The van der Waals surface area contributed by atoms with Crippen LogP contribution in [0.15, 0.2) is 34.2 Å². The molecule has 1 fully saturated rings.